The number of nitrogens with two attached hydrogens (primary N) is 1. The normalized spacial score (nSPS) is 11.5. The number of aliphatic hydroxyl groups is 1. The van der Waals surface area contributed by atoms with Crippen molar-refractivity contribution in [3.63, 3.8) is 0 Å². The van der Waals surface area contributed by atoms with E-state index in [0.29, 0.717) is 0 Å². The van der Waals surface area contributed by atoms with Gasteiger partial charge in [0.1, 0.15) is 0 Å². The molecule has 15 heavy (non-hydrogen) atoms. The van der Waals surface area contributed by atoms with Crippen LogP contribution in [0.5, 0.6) is 5.75 Å². The molecule has 1 rings (SSSR count). The maximum absolute atomic E-state index is 11.9. The Bertz CT molecular complexity index is 368. The second-order valence-corrected chi connectivity index (χ2v) is 3.55. The summed E-state index contributed by atoms with van der Waals surface area (Å²) in [6.07, 6.45) is -4.80. The van der Waals surface area contributed by atoms with E-state index in [1.807, 2.05) is 0 Å². The molecule has 0 amide bonds. The van der Waals surface area contributed by atoms with Gasteiger partial charge in [-0.15, -0.1) is 13.2 Å². The molecule has 0 fully saturated rings. The zero-order valence-corrected chi connectivity index (χ0v) is 8.89. The van der Waals surface area contributed by atoms with Crippen LogP contribution in [0.4, 0.5) is 18.9 Å². The van der Waals surface area contributed by atoms with Gasteiger partial charge in [-0.3, -0.25) is 0 Å². The summed E-state index contributed by atoms with van der Waals surface area (Å²) >= 11 is 2.96. The molecule has 0 radical (unpaired) electrons. The summed E-state index contributed by atoms with van der Waals surface area (Å²) in [5.74, 6) is -0.527. The van der Waals surface area contributed by atoms with Gasteiger partial charge in [-0.1, -0.05) is 0 Å². The molecule has 0 atom stereocenters. The van der Waals surface area contributed by atoms with Crippen molar-refractivity contribution in [1.29, 1.82) is 0 Å². The monoisotopic (exact) mass is 285 g/mol. The molecule has 0 bridgehead atoms. The Morgan fingerprint density at radius 2 is 2.00 bits per heavy atom. The molecule has 1 aromatic rings. The molecule has 0 saturated carbocycles. The van der Waals surface area contributed by atoms with Gasteiger partial charge in [-0.25, -0.2) is 0 Å². The Morgan fingerprint density at radius 1 is 1.40 bits per heavy atom. The third-order valence-corrected chi connectivity index (χ3v) is 2.22. The molecule has 0 aliphatic heterocycles. The van der Waals surface area contributed by atoms with Crippen molar-refractivity contribution in [1.82, 2.24) is 0 Å². The topological polar surface area (TPSA) is 55.5 Å². The Morgan fingerprint density at radius 3 is 2.47 bits per heavy atom. The van der Waals surface area contributed by atoms with Gasteiger partial charge in [-0.2, -0.15) is 0 Å². The Labute approximate surface area is 91.8 Å². The number of rotatable bonds is 2. The summed E-state index contributed by atoms with van der Waals surface area (Å²) in [4.78, 5) is 0. The Balaban J connectivity index is 3.11. The van der Waals surface area contributed by atoms with Crippen molar-refractivity contribution in [3.05, 3.63) is 22.2 Å². The van der Waals surface area contributed by atoms with Gasteiger partial charge in [0.2, 0.25) is 0 Å². The summed E-state index contributed by atoms with van der Waals surface area (Å²) < 4.78 is 39.7. The van der Waals surface area contributed by atoms with Gasteiger partial charge in [-0.05, 0) is 33.6 Å². The molecule has 0 aliphatic rings. The smallest absolute Gasteiger partial charge is 0.404 e. The van der Waals surface area contributed by atoms with E-state index < -0.39 is 18.7 Å². The summed E-state index contributed by atoms with van der Waals surface area (Å²) in [6.45, 7) is -0.396. The minimum absolute atomic E-state index is 0.162. The molecule has 7 heteroatoms. The highest BCUT2D eigenvalue weighted by molar-refractivity contribution is 9.10. The minimum Gasteiger partial charge on any atom is -0.404 e. The molecule has 0 heterocycles. The fourth-order valence-corrected chi connectivity index (χ4v) is 1.44. The first-order valence-corrected chi connectivity index (χ1v) is 4.57. The van der Waals surface area contributed by atoms with Gasteiger partial charge in [0.15, 0.2) is 5.75 Å². The predicted molar refractivity (Wildman–Crippen MR) is 51.2 cm³/mol. The van der Waals surface area contributed by atoms with Crippen LogP contribution >= 0.6 is 15.9 Å². The van der Waals surface area contributed by atoms with E-state index >= 15 is 0 Å². The molecule has 3 N–H and O–H groups in total. The summed E-state index contributed by atoms with van der Waals surface area (Å²) in [6, 6.07) is 2.45. The zero-order valence-electron chi connectivity index (χ0n) is 7.31. The maximum atomic E-state index is 11.9. The number of ether oxygens (including phenoxy) is 1. The van der Waals surface area contributed by atoms with Crippen LogP contribution in [-0.4, -0.2) is 11.5 Å². The molecule has 3 nitrogen and oxygen atoms in total. The number of hydrogen-bond donors (Lipinski definition) is 2. The van der Waals surface area contributed by atoms with Crippen molar-refractivity contribution < 1.29 is 23.0 Å². The number of benzene rings is 1. The van der Waals surface area contributed by atoms with Crippen LogP contribution in [0.15, 0.2) is 16.6 Å². The lowest BCUT2D eigenvalue weighted by Gasteiger charge is -2.13. The van der Waals surface area contributed by atoms with Crippen LogP contribution in [0.25, 0.3) is 0 Å². The molecule has 0 aromatic heterocycles. The second-order valence-electron chi connectivity index (χ2n) is 2.70. The third-order valence-electron chi connectivity index (χ3n) is 1.56. The van der Waals surface area contributed by atoms with Crippen LogP contribution in [0.2, 0.25) is 0 Å². The number of alkyl halides is 3. The van der Waals surface area contributed by atoms with Crippen LogP contribution < -0.4 is 10.5 Å². The van der Waals surface area contributed by atoms with E-state index in [9.17, 15) is 13.2 Å². The van der Waals surface area contributed by atoms with Crippen LogP contribution in [0.3, 0.4) is 0 Å². The fraction of sp³-hybridized carbons (Fsp3) is 0.250. The fourth-order valence-electron chi connectivity index (χ4n) is 0.946. The van der Waals surface area contributed by atoms with E-state index in [1.54, 1.807) is 0 Å². The van der Waals surface area contributed by atoms with E-state index in [2.05, 4.69) is 20.7 Å². The first kappa shape index (κ1) is 12.1. The standard InChI is InChI=1S/C8H7BrF3NO2/c9-5-1-4(3-14)2-6(7(5)13)15-8(10,11)12/h1-2,14H,3,13H2. The first-order valence-electron chi connectivity index (χ1n) is 3.78. The molecule has 84 valence electrons. The van der Waals surface area contributed by atoms with Crippen molar-refractivity contribution in [3.8, 4) is 5.75 Å². The third kappa shape index (κ3) is 3.28. The quantitative estimate of drug-likeness (QED) is 0.821. The molecular formula is C8H7BrF3NO2. The van der Waals surface area contributed by atoms with Crippen molar-refractivity contribution >= 4 is 21.6 Å². The minimum atomic E-state index is -4.80. The number of halogens is 4. The summed E-state index contributed by atoms with van der Waals surface area (Å²) in [7, 11) is 0. The van der Waals surface area contributed by atoms with Gasteiger partial charge in [0.05, 0.1) is 12.3 Å². The van der Waals surface area contributed by atoms with Crippen molar-refractivity contribution in [2.75, 3.05) is 5.73 Å². The molecule has 0 unspecified atom stereocenters. The second kappa shape index (κ2) is 4.28. The largest absolute Gasteiger partial charge is 0.573 e. The lowest BCUT2D eigenvalue weighted by atomic mass is 10.2. The molecular weight excluding hydrogens is 279 g/mol. The van der Waals surface area contributed by atoms with Gasteiger partial charge >= 0.3 is 6.36 Å². The van der Waals surface area contributed by atoms with E-state index in [1.165, 1.54) is 6.07 Å². The van der Waals surface area contributed by atoms with Crippen LogP contribution in [-0.2, 0) is 6.61 Å². The molecule has 0 saturated heterocycles. The van der Waals surface area contributed by atoms with Gasteiger partial charge < -0.3 is 15.6 Å². The highest BCUT2D eigenvalue weighted by Crippen LogP contribution is 2.34. The lowest BCUT2D eigenvalue weighted by Crippen LogP contribution is -2.18. The highest BCUT2D eigenvalue weighted by atomic mass is 79.9. The number of anilines is 1. The van der Waals surface area contributed by atoms with E-state index in [-0.39, 0.29) is 15.7 Å². The summed E-state index contributed by atoms with van der Waals surface area (Å²) in [5.41, 5.74) is 5.47. The molecule has 0 spiro atoms. The number of hydrogen-bond acceptors (Lipinski definition) is 3. The average molecular weight is 286 g/mol. The van der Waals surface area contributed by atoms with E-state index in [0.717, 1.165) is 6.07 Å². The molecule has 0 aliphatic carbocycles. The predicted octanol–water partition coefficient (Wildman–Crippen LogP) is 2.42. The first-order chi connectivity index (χ1) is 6.83. The van der Waals surface area contributed by atoms with Crippen LogP contribution in [0, 0.1) is 0 Å². The van der Waals surface area contributed by atoms with Crippen molar-refractivity contribution in [2.24, 2.45) is 0 Å². The van der Waals surface area contributed by atoms with Crippen molar-refractivity contribution in [2.45, 2.75) is 13.0 Å². The van der Waals surface area contributed by atoms with E-state index in [4.69, 9.17) is 10.8 Å². The molecule has 1 aromatic carbocycles. The Hall–Kier alpha value is -0.950. The van der Waals surface area contributed by atoms with Crippen LogP contribution in [0.1, 0.15) is 5.56 Å². The lowest BCUT2D eigenvalue weighted by molar-refractivity contribution is -0.274. The number of nitrogen functional groups attached to an aromatic ring is 1. The average Bonchev–Trinajstić information content (AvgIpc) is 2.10. The summed E-state index contributed by atoms with van der Waals surface area (Å²) in [5, 5.41) is 8.78. The number of aliphatic hydroxyl groups excluding tert-OH is 1. The maximum Gasteiger partial charge on any atom is 0.573 e. The van der Waals surface area contributed by atoms with Gasteiger partial charge in [0, 0.05) is 4.47 Å². The SMILES string of the molecule is Nc1c(Br)cc(CO)cc1OC(F)(F)F. The zero-order chi connectivity index (χ0) is 11.6. The van der Waals surface area contributed by atoms with Gasteiger partial charge in [0.25, 0.3) is 0 Å². The highest BCUT2D eigenvalue weighted by Gasteiger charge is 2.32. The Kier molecular flexibility index (Phi) is 3.46.